The highest BCUT2D eigenvalue weighted by atomic mass is 16.6. The number of Topliss-reactive ketones (excluding diaryl/α,β-unsaturated/α-hetero) is 1. The number of nitrogens with zero attached hydrogens (tertiary/aromatic N) is 1. The maximum absolute atomic E-state index is 13.0. The fourth-order valence-corrected chi connectivity index (χ4v) is 5.49. The highest BCUT2D eigenvalue weighted by Gasteiger charge is 2.44. The predicted molar refractivity (Wildman–Crippen MR) is 161 cm³/mol. The van der Waals surface area contributed by atoms with Gasteiger partial charge in [0.05, 0.1) is 11.1 Å². The van der Waals surface area contributed by atoms with Gasteiger partial charge < -0.3 is 10.1 Å². The topological polar surface area (TPSA) is 139 Å². The minimum atomic E-state index is -0.999. The van der Waals surface area contributed by atoms with E-state index in [1.54, 1.807) is 18.2 Å². The van der Waals surface area contributed by atoms with Crippen LogP contribution in [0.25, 0.3) is 0 Å². The first kappa shape index (κ1) is 33.9. The molecule has 2 aliphatic rings. The van der Waals surface area contributed by atoms with Crippen LogP contribution >= 0.6 is 0 Å². The second kappa shape index (κ2) is 16.3. The first-order valence-electron chi connectivity index (χ1n) is 15.8. The molecule has 0 saturated carbocycles. The third kappa shape index (κ3) is 10.9. The minimum absolute atomic E-state index is 0.0722. The van der Waals surface area contributed by atoms with Crippen molar-refractivity contribution < 1.29 is 33.5 Å². The van der Waals surface area contributed by atoms with Gasteiger partial charge in [0.2, 0.25) is 11.8 Å². The molecule has 2 N–H and O–H groups in total. The average molecular weight is 598 g/mol. The number of carbonyl (C=O) groups is 6. The number of rotatable bonds is 17. The summed E-state index contributed by atoms with van der Waals surface area (Å²) in [5, 5.41) is 4.98. The lowest BCUT2D eigenvalue weighted by Crippen LogP contribution is -2.54. The number of carbonyl (C=O) groups excluding carboxylic acids is 6. The summed E-state index contributed by atoms with van der Waals surface area (Å²) in [6.45, 7) is 6.21. The Morgan fingerprint density at radius 3 is 2.05 bits per heavy atom. The van der Waals surface area contributed by atoms with Crippen molar-refractivity contribution in [3.8, 4) is 0 Å². The monoisotopic (exact) mass is 597 g/mol. The van der Waals surface area contributed by atoms with Crippen LogP contribution in [0.4, 0.5) is 4.79 Å². The second-order valence-electron chi connectivity index (χ2n) is 12.6. The Morgan fingerprint density at radius 1 is 0.860 bits per heavy atom. The fraction of sp³-hybridized carbons (Fsp3) is 0.636. The quantitative estimate of drug-likeness (QED) is 0.181. The molecule has 0 radical (unpaired) electrons. The van der Waals surface area contributed by atoms with Gasteiger partial charge in [0.15, 0.2) is 0 Å². The summed E-state index contributed by atoms with van der Waals surface area (Å²) >= 11 is 0. The van der Waals surface area contributed by atoms with Crippen molar-refractivity contribution >= 4 is 35.5 Å². The molecule has 236 valence electrons. The Kier molecular flexibility index (Phi) is 12.9. The number of imide groups is 2. The zero-order valence-electron chi connectivity index (χ0n) is 25.9. The summed E-state index contributed by atoms with van der Waals surface area (Å²) in [5.74, 6) is -2.06. The number of benzene rings is 1. The lowest BCUT2D eigenvalue weighted by molar-refractivity contribution is -0.136. The van der Waals surface area contributed by atoms with Gasteiger partial charge in [-0.3, -0.25) is 34.2 Å². The van der Waals surface area contributed by atoms with E-state index in [1.807, 2.05) is 20.8 Å². The Labute approximate surface area is 254 Å². The fourth-order valence-electron chi connectivity index (χ4n) is 5.49. The van der Waals surface area contributed by atoms with Crippen LogP contribution < -0.4 is 10.6 Å². The summed E-state index contributed by atoms with van der Waals surface area (Å²) in [6, 6.07) is 3.83. The van der Waals surface area contributed by atoms with Crippen molar-refractivity contribution in [2.45, 2.75) is 129 Å². The summed E-state index contributed by atoms with van der Waals surface area (Å²) < 4.78 is 5.22. The van der Waals surface area contributed by atoms with Crippen LogP contribution in [0.2, 0.25) is 0 Å². The third-order valence-electron chi connectivity index (χ3n) is 7.71. The van der Waals surface area contributed by atoms with E-state index in [4.69, 9.17) is 4.74 Å². The molecule has 1 atom stereocenters. The molecule has 3 rings (SSSR count). The van der Waals surface area contributed by atoms with E-state index in [0.29, 0.717) is 18.5 Å². The smallest absolute Gasteiger partial charge is 0.407 e. The molecule has 0 spiro atoms. The summed E-state index contributed by atoms with van der Waals surface area (Å²) in [4.78, 5) is 74.6. The summed E-state index contributed by atoms with van der Waals surface area (Å²) in [6.07, 6.45) is 12.7. The largest absolute Gasteiger partial charge is 0.444 e. The number of amides is 5. The molecule has 1 aromatic carbocycles. The second-order valence-corrected chi connectivity index (χ2v) is 12.6. The molecule has 1 saturated heterocycles. The van der Waals surface area contributed by atoms with Crippen LogP contribution in [-0.4, -0.2) is 58.6 Å². The highest BCUT2D eigenvalue weighted by molar-refractivity contribution is 6.23. The Bertz CT molecular complexity index is 1190. The third-order valence-corrected chi connectivity index (χ3v) is 7.71. The number of piperidine rings is 1. The van der Waals surface area contributed by atoms with Crippen molar-refractivity contribution in [1.29, 1.82) is 0 Å². The molecular weight excluding hydrogens is 550 g/mol. The van der Waals surface area contributed by atoms with Gasteiger partial charge in [-0.1, -0.05) is 63.9 Å². The van der Waals surface area contributed by atoms with Crippen molar-refractivity contribution in [3.05, 3.63) is 34.9 Å². The van der Waals surface area contributed by atoms with Gasteiger partial charge in [0, 0.05) is 25.8 Å². The minimum Gasteiger partial charge on any atom is -0.444 e. The number of fused-ring (bicyclic) bond motifs is 1. The molecule has 10 heteroatoms. The standard InChI is InChI=1S/C33H47N3O7/c1-33(2,3)43-32(42)34-20-14-12-10-8-6-4-5-7-9-11-13-15-24(37)21-23-16-17-25-26(22-23)31(41)36(30(25)40)27-18-19-28(38)35-29(27)39/h16-17,22,27H,4-15,18-21H2,1-3H3,(H,34,42)(H,35,38,39). The number of hydrogen-bond donors (Lipinski definition) is 2. The molecule has 5 amide bonds. The van der Waals surface area contributed by atoms with E-state index in [2.05, 4.69) is 10.6 Å². The number of nitrogens with one attached hydrogen (secondary N) is 2. The molecule has 1 unspecified atom stereocenters. The van der Waals surface area contributed by atoms with Crippen LogP contribution in [0.5, 0.6) is 0 Å². The van der Waals surface area contributed by atoms with E-state index < -0.39 is 35.3 Å². The first-order chi connectivity index (χ1) is 20.5. The van der Waals surface area contributed by atoms with Crippen LogP contribution in [0, 0.1) is 0 Å². The SMILES string of the molecule is CC(C)(C)OC(=O)NCCCCCCCCCCCCCC(=O)Cc1ccc2c(c1)C(=O)N(C1CCC(=O)NC1=O)C2=O. The van der Waals surface area contributed by atoms with E-state index in [0.717, 1.165) is 37.0 Å². The first-order valence-corrected chi connectivity index (χ1v) is 15.8. The molecule has 10 nitrogen and oxygen atoms in total. The van der Waals surface area contributed by atoms with Crippen LogP contribution in [-0.2, 0) is 25.5 Å². The average Bonchev–Trinajstić information content (AvgIpc) is 3.17. The van der Waals surface area contributed by atoms with Crippen molar-refractivity contribution in [3.63, 3.8) is 0 Å². The number of hydrogen-bond acceptors (Lipinski definition) is 7. The lowest BCUT2D eigenvalue weighted by Gasteiger charge is -2.27. The molecule has 43 heavy (non-hydrogen) atoms. The number of unbranched alkanes of at least 4 members (excludes halogenated alkanes) is 10. The van der Waals surface area contributed by atoms with Gasteiger partial charge >= 0.3 is 6.09 Å². The van der Waals surface area contributed by atoms with Gasteiger partial charge in [-0.05, 0) is 57.7 Å². The molecule has 0 aliphatic carbocycles. The predicted octanol–water partition coefficient (Wildman–Crippen LogP) is 5.41. The Morgan fingerprint density at radius 2 is 1.44 bits per heavy atom. The van der Waals surface area contributed by atoms with E-state index >= 15 is 0 Å². The maximum atomic E-state index is 13.0. The van der Waals surface area contributed by atoms with Crippen molar-refractivity contribution in [1.82, 2.24) is 15.5 Å². The molecular formula is C33H47N3O7. The normalized spacial score (nSPS) is 16.7. The van der Waals surface area contributed by atoms with E-state index in [9.17, 15) is 28.8 Å². The highest BCUT2D eigenvalue weighted by Crippen LogP contribution is 2.28. The maximum Gasteiger partial charge on any atom is 0.407 e. The zero-order chi connectivity index (χ0) is 31.4. The van der Waals surface area contributed by atoms with Gasteiger partial charge in [0.25, 0.3) is 11.8 Å². The molecule has 2 heterocycles. The molecule has 1 aromatic rings. The van der Waals surface area contributed by atoms with Gasteiger partial charge in [-0.15, -0.1) is 0 Å². The number of alkyl carbamates (subject to hydrolysis) is 1. The lowest BCUT2D eigenvalue weighted by atomic mass is 9.99. The Balaban J connectivity index is 1.22. The summed E-state index contributed by atoms with van der Waals surface area (Å²) in [5.41, 5.74) is 0.634. The zero-order valence-corrected chi connectivity index (χ0v) is 25.9. The summed E-state index contributed by atoms with van der Waals surface area (Å²) in [7, 11) is 0. The Hall–Kier alpha value is -3.56. The van der Waals surface area contributed by atoms with Crippen LogP contribution in [0.1, 0.15) is 137 Å². The molecule has 2 aliphatic heterocycles. The van der Waals surface area contributed by atoms with Gasteiger partial charge in [-0.25, -0.2) is 4.79 Å². The van der Waals surface area contributed by atoms with Crippen LogP contribution in [0.3, 0.4) is 0 Å². The van der Waals surface area contributed by atoms with Crippen LogP contribution in [0.15, 0.2) is 18.2 Å². The number of ketones is 1. The molecule has 0 bridgehead atoms. The number of ether oxygens (including phenoxy) is 1. The molecule has 0 aromatic heterocycles. The van der Waals surface area contributed by atoms with E-state index in [-0.39, 0.29) is 42.3 Å². The van der Waals surface area contributed by atoms with E-state index in [1.165, 1.54) is 38.5 Å². The van der Waals surface area contributed by atoms with Crippen molar-refractivity contribution in [2.24, 2.45) is 0 Å². The van der Waals surface area contributed by atoms with Gasteiger partial charge in [0.1, 0.15) is 17.4 Å². The van der Waals surface area contributed by atoms with Crippen molar-refractivity contribution in [2.75, 3.05) is 6.54 Å². The molecule has 1 fully saturated rings. The van der Waals surface area contributed by atoms with Gasteiger partial charge in [-0.2, -0.15) is 0 Å².